The number of pyridine rings is 1. The zero-order valence-electron chi connectivity index (χ0n) is 14.2. The number of fused-ring (bicyclic) bond motifs is 1. The smallest absolute Gasteiger partial charge is 0.330 e. The van der Waals surface area contributed by atoms with Gasteiger partial charge in [0.25, 0.3) is 5.56 Å². The molecule has 18 heavy (non-hydrogen) atoms. The number of tetrazole rings is 1. The molecule has 0 radical (unpaired) electrons. The van der Waals surface area contributed by atoms with Crippen molar-refractivity contribution >= 4 is 5.65 Å². The van der Waals surface area contributed by atoms with E-state index in [2.05, 4.69) is 25.6 Å². The molecule has 0 saturated heterocycles. The van der Waals surface area contributed by atoms with E-state index >= 15 is 0 Å². The number of hydrogen-bond acceptors (Lipinski definition) is 5. The Bertz CT molecular complexity index is 922. The van der Waals surface area contributed by atoms with Crippen LogP contribution in [0.15, 0.2) is 29.3 Å². The molecule has 0 aromatic carbocycles. The molecule has 8 heteroatoms. The van der Waals surface area contributed by atoms with Crippen molar-refractivity contribution in [2.24, 2.45) is 0 Å². The fourth-order valence-corrected chi connectivity index (χ4v) is 1.39. The second-order valence-corrected chi connectivity index (χ2v) is 3.13. The van der Waals surface area contributed by atoms with Crippen LogP contribution in [0.1, 0.15) is 12.4 Å². The standard InChI is InChI=1S/C10H7N6O.K/c1-6-3-2-4-16-9(6)11-5-7(10(16)17)8-12-14-15-13-8;/h2-5H,1H3;/q-1;+1/i1D3,3D,4D;. The molecule has 0 unspecified atom stereocenters. The van der Waals surface area contributed by atoms with Crippen LogP contribution in [0.5, 0.6) is 0 Å². The fourth-order valence-electron chi connectivity index (χ4n) is 1.39. The van der Waals surface area contributed by atoms with Gasteiger partial charge in [-0.2, -0.15) is 5.21 Å². The summed E-state index contributed by atoms with van der Waals surface area (Å²) >= 11 is 0. The van der Waals surface area contributed by atoms with Gasteiger partial charge in [0.05, 0.1) is 8.30 Å². The molecule has 3 heterocycles. The summed E-state index contributed by atoms with van der Waals surface area (Å²) in [5.41, 5.74) is -1.45. The Morgan fingerprint density at radius 2 is 2.44 bits per heavy atom. The molecule has 0 N–H and O–H groups in total. The van der Waals surface area contributed by atoms with Crippen molar-refractivity contribution in [3.8, 4) is 11.4 Å². The van der Waals surface area contributed by atoms with Gasteiger partial charge in [0, 0.05) is 22.3 Å². The molecule has 0 atom stereocenters. The van der Waals surface area contributed by atoms with E-state index in [1.165, 1.54) is 0 Å². The third-order valence-corrected chi connectivity index (χ3v) is 2.15. The van der Waals surface area contributed by atoms with Crippen molar-refractivity contribution in [2.75, 3.05) is 0 Å². The molecular weight excluding hydrogens is 259 g/mol. The minimum atomic E-state index is -2.64. The Balaban J connectivity index is 0.00000192. The second kappa shape index (κ2) is 5.37. The summed E-state index contributed by atoms with van der Waals surface area (Å²) in [5.74, 6) is -0.0725. The Morgan fingerprint density at radius 1 is 1.56 bits per heavy atom. The summed E-state index contributed by atoms with van der Waals surface area (Å²) in [6.45, 7) is -2.64. The van der Waals surface area contributed by atoms with Gasteiger partial charge in [0.1, 0.15) is 5.65 Å². The van der Waals surface area contributed by atoms with Gasteiger partial charge >= 0.3 is 51.4 Å². The Hall–Kier alpha value is -0.934. The molecule has 0 spiro atoms. The van der Waals surface area contributed by atoms with Crippen molar-refractivity contribution in [3.63, 3.8) is 0 Å². The monoisotopic (exact) mass is 271 g/mol. The largest absolute Gasteiger partial charge is 1.00 e. The van der Waals surface area contributed by atoms with Gasteiger partial charge in [-0.3, -0.25) is 19.5 Å². The Morgan fingerprint density at radius 3 is 3.17 bits per heavy atom. The first-order valence-electron chi connectivity index (χ1n) is 7.02. The molecule has 0 aliphatic rings. The van der Waals surface area contributed by atoms with E-state index in [4.69, 9.17) is 6.85 Å². The molecule has 0 amide bonds. The molecule has 84 valence electrons. The molecule has 0 fully saturated rings. The van der Waals surface area contributed by atoms with Crippen LogP contribution in [-0.4, -0.2) is 24.9 Å². The van der Waals surface area contributed by atoms with E-state index in [1.807, 2.05) is 0 Å². The molecular formula is C10H7KN6O. The number of nitrogens with zero attached hydrogens (tertiary/aromatic N) is 6. The minimum absolute atomic E-state index is 0. The summed E-state index contributed by atoms with van der Waals surface area (Å²) < 4.78 is 38.8. The van der Waals surface area contributed by atoms with Gasteiger partial charge in [-0.1, -0.05) is 6.04 Å². The van der Waals surface area contributed by atoms with E-state index in [1.54, 1.807) is 0 Å². The van der Waals surface area contributed by atoms with Crippen molar-refractivity contribution in [1.82, 2.24) is 30.0 Å². The predicted molar refractivity (Wildman–Crippen MR) is 58.3 cm³/mol. The number of hydrogen-bond donors (Lipinski definition) is 0. The molecule has 3 aromatic heterocycles. The predicted octanol–water partition coefficient (Wildman–Crippen LogP) is -3.18. The van der Waals surface area contributed by atoms with Gasteiger partial charge < -0.3 is 5.10 Å². The molecule has 0 aliphatic heterocycles. The number of rotatable bonds is 1. The normalized spacial score (nSPS) is 15.0. The van der Waals surface area contributed by atoms with Gasteiger partial charge in [0.2, 0.25) is 0 Å². The fraction of sp³-hybridized carbons (Fsp3) is 0.100. The summed E-state index contributed by atoms with van der Waals surface area (Å²) in [7, 11) is 0. The third-order valence-electron chi connectivity index (χ3n) is 2.15. The van der Waals surface area contributed by atoms with E-state index in [0.29, 0.717) is 0 Å². The van der Waals surface area contributed by atoms with Crippen LogP contribution in [0.2, 0.25) is 0 Å². The van der Waals surface area contributed by atoms with Gasteiger partial charge in [-0.05, 0) is 18.5 Å². The Labute approximate surface area is 151 Å². The average molecular weight is 271 g/mol. The number of aromatic nitrogens is 6. The summed E-state index contributed by atoms with van der Waals surface area (Å²) in [5, 5.41) is 13.6. The van der Waals surface area contributed by atoms with Crippen LogP contribution in [0, 0.1) is 6.85 Å². The van der Waals surface area contributed by atoms with Crippen molar-refractivity contribution in [2.45, 2.75) is 6.85 Å². The molecule has 0 saturated carbocycles. The SMILES string of the molecule is [2H]c1cc([2H])n2c(=O)c(-c3nnn[n-]3)cnc2c1C([2H])([2H])[2H].[K+]. The molecule has 3 aromatic rings. The van der Waals surface area contributed by atoms with Crippen LogP contribution < -0.4 is 62.0 Å². The summed E-state index contributed by atoms with van der Waals surface area (Å²) in [6, 6.07) is 0.599. The Kier molecular flexibility index (Phi) is 2.47. The maximum Gasteiger partial charge on any atom is 1.00 e. The van der Waals surface area contributed by atoms with Crippen LogP contribution in [0.25, 0.3) is 17.0 Å². The van der Waals surface area contributed by atoms with Crippen LogP contribution in [-0.2, 0) is 0 Å². The molecule has 3 rings (SSSR count). The second-order valence-electron chi connectivity index (χ2n) is 3.13. The van der Waals surface area contributed by atoms with E-state index in [9.17, 15) is 4.79 Å². The average Bonchev–Trinajstić information content (AvgIpc) is 2.90. The van der Waals surface area contributed by atoms with E-state index in [-0.39, 0.29) is 80.6 Å². The van der Waals surface area contributed by atoms with E-state index < -0.39 is 18.0 Å². The number of aryl methyl sites for hydroxylation is 1. The molecule has 0 aliphatic carbocycles. The van der Waals surface area contributed by atoms with Crippen molar-refractivity contribution in [1.29, 1.82) is 0 Å². The van der Waals surface area contributed by atoms with Gasteiger partial charge in [0.15, 0.2) is 0 Å². The van der Waals surface area contributed by atoms with Crippen LogP contribution in [0.4, 0.5) is 0 Å². The maximum absolute atomic E-state index is 12.5. The minimum Gasteiger partial charge on any atom is -0.330 e. The zero-order valence-corrected chi connectivity index (χ0v) is 12.4. The zero-order chi connectivity index (χ0) is 16.1. The molecule has 0 bridgehead atoms. The van der Waals surface area contributed by atoms with Gasteiger partial charge in [-0.15, -0.1) is 0 Å². The summed E-state index contributed by atoms with van der Waals surface area (Å²) in [4.78, 5) is 16.4. The maximum atomic E-state index is 12.5. The van der Waals surface area contributed by atoms with Crippen LogP contribution >= 0.6 is 0 Å². The first kappa shape index (κ1) is 8.28. The summed E-state index contributed by atoms with van der Waals surface area (Å²) in [6.07, 6.45) is 0.727. The van der Waals surface area contributed by atoms with Crippen molar-refractivity contribution in [3.05, 3.63) is 40.4 Å². The van der Waals surface area contributed by atoms with E-state index in [0.717, 1.165) is 16.7 Å². The van der Waals surface area contributed by atoms with Gasteiger partial charge in [-0.25, -0.2) is 4.98 Å². The first-order valence-corrected chi connectivity index (χ1v) is 4.52. The first-order chi connectivity index (χ1) is 10.3. The van der Waals surface area contributed by atoms with Crippen molar-refractivity contribution < 1.29 is 58.2 Å². The van der Waals surface area contributed by atoms with Crippen LogP contribution in [0.3, 0.4) is 0 Å². The quantitative estimate of drug-likeness (QED) is 0.434. The molecule has 7 nitrogen and oxygen atoms in total. The topological polar surface area (TPSA) is 87.1 Å². The third kappa shape index (κ3) is 2.17.